The number of amides is 1. The molecule has 0 aliphatic carbocycles. The van der Waals surface area contributed by atoms with Crippen molar-refractivity contribution in [2.75, 3.05) is 12.9 Å². The minimum absolute atomic E-state index is 0.0836. The topological polar surface area (TPSA) is 79.2 Å². The molecule has 29 heavy (non-hydrogen) atoms. The fourth-order valence-electron chi connectivity index (χ4n) is 3.99. The zero-order chi connectivity index (χ0) is 21.0. The van der Waals surface area contributed by atoms with Gasteiger partial charge in [0, 0.05) is 18.7 Å². The summed E-state index contributed by atoms with van der Waals surface area (Å²) in [6.45, 7) is 6.27. The van der Waals surface area contributed by atoms with Gasteiger partial charge in [0.05, 0.1) is 25.4 Å². The number of aliphatic hydroxyl groups excluding tert-OH is 1. The van der Waals surface area contributed by atoms with Crippen LogP contribution in [0.2, 0.25) is 0 Å². The molecule has 160 valence electrons. The number of benzene rings is 1. The van der Waals surface area contributed by atoms with E-state index in [-0.39, 0.29) is 17.8 Å². The Balaban J connectivity index is 1.72. The van der Waals surface area contributed by atoms with Crippen LogP contribution in [0.4, 0.5) is 4.79 Å². The Kier molecular flexibility index (Phi) is 7.27. The molecule has 2 aliphatic rings. The molecule has 2 saturated heterocycles. The maximum atomic E-state index is 12.5. The van der Waals surface area contributed by atoms with Crippen molar-refractivity contribution < 1.29 is 24.5 Å². The predicted molar refractivity (Wildman–Crippen MR) is 114 cm³/mol. The SMILES string of the molecule is C=C[C@@H](C)CC[C@@H]1C[C@@H](O)C[C@](O)([C@@H]2CSC(=O)N2Cc2ccc(OC)cc2)O1. The van der Waals surface area contributed by atoms with Gasteiger partial charge in [0.25, 0.3) is 5.24 Å². The van der Waals surface area contributed by atoms with Crippen LogP contribution in [0.15, 0.2) is 36.9 Å². The predicted octanol–water partition coefficient (Wildman–Crippen LogP) is 3.56. The van der Waals surface area contributed by atoms with E-state index in [2.05, 4.69) is 13.5 Å². The van der Waals surface area contributed by atoms with Gasteiger partial charge in [0.2, 0.25) is 0 Å². The van der Waals surface area contributed by atoms with Gasteiger partial charge in [-0.25, -0.2) is 0 Å². The van der Waals surface area contributed by atoms with Gasteiger partial charge in [-0.15, -0.1) is 6.58 Å². The van der Waals surface area contributed by atoms with Crippen molar-refractivity contribution in [3.8, 4) is 5.75 Å². The van der Waals surface area contributed by atoms with Crippen LogP contribution in [-0.2, 0) is 11.3 Å². The smallest absolute Gasteiger partial charge is 0.282 e. The molecule has 7 heteroatoms. The molecule has 6 nitrogen and oxygen atoms in total. The Labute approximate surface area is 176 Å². The molecule has 0 radical (unpaired) electrons. The van der Waals surface area contributed by atoms with Gasteiger partial charge < -0.3 is 24.6 Å². The molecule has 2 fully saturated rings. The van der Waals surface area contributed by atoms with E-state index in [1.165, 1.54) is 11.8 Å². The summed E-state index contributed by atoms with van der Waals surface area (Å²) in [5.74, 6) is -0.0124. The van der Waals surface area contributed by atoms with Crippen LogP contribution < -0.4 is 4.74 Å². The van der Waals surface area contributed by atoms with Gasteiger partial charge >= 0.3 is 0 Å². The molecule has 2 heterocycles. The second kappa shape index (κ2) is 9.51. The second-order valence-electron chi connectivity index (χ2n) is 8.04. The first kappa shape index (κ1) is 22.2. The fraction of sp³-hybridized carbons (Fsp3) is 0.591. The highest BCUT2D eigenvalue weighted by molar-refractivity contribution is 8.13. The molecule has 1 amide bonds. The van der Waals surface area contributed by atoms with Crippen LogP contribution >= 0.6 is 11.8 Å². The van der Waals surface area contributed by atoms with Crippen LogP contribution in [0.1, 0.15) is 38.2 Å². The molecule has 1 aromatic rings. The number of allylic oxidation sites excluding steroid dienone is 1. The monoisotopic (exact) mass is 421 g/mol. The van der Waals surface area contributed by atoms with Gasteiger partial charge in [-0.2, -0.15) is 0 Å². The molecule has 0 unspecified atom stereocenters. The number of aliphatic hydroxyl groups is 2. The minimum atomic E-state index is -1.55. The van der Waals surface area contributed by atoms with Gasteiger partial charge in [0.15, 0.2) is 5.79 Å². The number of carbonyl (C=O) groups excluding carboxylic acids is 1. The Morgan fingerprint density at radius 3 is 2.83 bits per heavy atom. The first-order chi connectivity index (χ1) is 13.8. The molecule has 3 rings (SSSR count). The maximum absolute atomic E-state index is 12.5. The molecule has 2 N–H and O–H groups in total. The lowest BCUT2D eigenvalue weighted by molar-refractivity contribution is -0.292. The highest BCUT2D eigenvalue weighted by atomic mass is 32.2. The third kappa shape index (κ3) is 5.34. The molecule has 5 atom stereocenters. The summed E-state index contributed by atoms with van der Waals surface area (Å²) in [6.07, 6.45) is 3.23. The summed E-state index contributed by atoms with van der Waals surface area (Å²) >= 11 is 1.18. The molecule has 0 spiro atoms. The van der Waals surface area contributed by atoms with E-state index < -0.39 is 17.9 Å². The molecule has 1 aromatic carbocycles. The quantitative estimate of drug-likeness (QED) is 0.625. The van der Waals surface area contributed by atoms with E-state index in [0.29, 0.717) is 24.6 Å². The van der Waals surface area contributed by atoms with Crippen LogP contribution in [-0.4, -0.2) is 57.3 Å². The molecular formula is C22H31NO5S. The Morgan fingerprint density at radius 2 is 2.17 bits per heavy atom. The van der Waals surface area contributed by atoms with E-state index in [1.54, 1.807) is 12.0 Å². The molecule has 2 aliphatic heterocycles. The van der Waals surface area contributed by atoms with Crippen LogP contribution in [0.25, 0.3) is 0 Å². The number of rotatable bonds is 8. The lowest BCUT2D eigenvalue weighted by Crippen LogP contribution is -2.59. The number of methoxy groups -OCH3 is 1. The first-order valence-electron chi connectivity index (χ1n) is 10.1. The number of ether oxygens (including phenoxy) is 2. The highest BCUT2D eigenvalue weighted by Crippen LogP contribution is 2.40. The van der Waals surface area contributed by atoms with Crippen LogP contribution in [0.5, 0.6) is 5.75 Å². The van der Waals surface area contributed by atoms with Crippen molar-refractivity contribution in [3.63, 3.8) is 0 Å². The Bertz CT molecular complexity index is 712. The summed E-state index contributed by atoms with van der Waals surface area (Å²) in [5, 5.41) is 21.7. The molecular weight excluding hydrogens is 390 g/mol. The lowest BCUT2D eigenvalue weighted by atomic mass is 9.90. The second-order valence-corrected chi connectivity index (χ2v) is 9.01. The largest absolute Gasteiger partial charge is 0.497 e. The third-order valence-corrected chi connectivity index (χ3v) is 6.75. The first-order valence-corrected chi connectivity index (χ1v) is 11.1. The number of thioether (sulfide) groups is 1. The Hall–Kier alpha value is -1.54. The average molecular weight is 422 g/mol. The summed E-state index contributed by atoms with van der Waals surface area (Å²) < 4.78 is 11.3. The standard InChI is InChI=1S/C22H31NO5S/c1-4-15(2)5-8-19-11-17(24)12-22(26,28-19)20-14-29-21(25)23(20)13-16-6-9-18(27-3)10-7-16/h4,6-7,9-10,15,17,19-20,24,26H,1,5,8,11-14H2,2-3H3/t15-,17-,19-,20+,22-/m1/s1. The number of hydrogen-bond acceptors (Lipinski definition) is 6. The lowest BCUT2D eigenvalue weighted by Gasteiger charge is -2.45. The third-order valence-electron chi connectivity index (χ3n) is 5.79. The van der Waals surface area contributed by atoms with Crippen molar-refractivity contribution in [2.45, 2.75) is 63.2 Å². The summed E-state index contributed by atoms with van der Waals surface area (Å²) in [5.41, 5.74) is 0.947. The van der Waals surface area contributed by atoms with E-state index >= 15 is 0 Å². The van der Waals surface area contributed by atoms with Gasteiger partial charge in [0.1, 0.15) is 5.75 Å². The average Bonchev–Trinajstić information content (AvgIpc) is 3.07. The van der Waals surface area contributed by atoms with Crippen molar-refractivity contribution in [1.82, 2.24) is 4.90 Å². The minimum Gasteiger partial charge on any atom is -0.497 e. The van der Waals surface area contributed by atoms with Crippen LogP contribution in [0.3, 0.4) is 0 Å². The zero-order valence-electron chi connectivity index (χ0n) is 17.1. The zero-order valence-corrected chi connectivity index (χ0v) is 17.9. The van der Waals surface area contributed by atoms with E-state index in [0.717, 1.165) is 24.2 Å². The van der Waals surface area contributed by atoms with E-state index in [1.807, 2.05) is 30.3 Å². The van der Waals surface area contributed by atoms with Crippen molar-refractivity contribution in [1.29, 1.82) is 0 Å². The van der Waals surface area contributed by atoms with Crippen molar-refractivity contribution >= 4 is 17.0 Å². The van der Waals surface area contributed by atoms with Gasteiger partial charge in [-0.3, -0.25) is 4.79 Å². The normalized spacial score (nSPS) is 31.0. The van der Waals surface area contributed by atoms with Crippen LogP contribution in [0, 0.1) is 5.92 Å². The number of carbonyl (C=O) groups is 1. The van der Waals surface area contributed by atoms with E-state index in [9.17, 15) is 15.0 Å². The molecule has 0 bridgehead atoms. The summed E-state index contributed by atoms with van der Waals surface area (Å²) in [4.78, 5) is 14.2. The molecule has 0 saturated carbocycles. The summed E-state index contributed by atoms with van der Waals surface area (Å²) in [6, 6.07) is 7.02. The number of nitrogens with zero attached hydrogens (tertiary/aromatic N) is 1. The molecule has 0 aromatic heterocycles. The number of hydrogen-bond donors (Lipinski definition) is 2. The maximum Gasteiger partial charge on any atom is 0.282 e. The van der Waals surface area contributed by atoms with Crippen molar-refractivity contribution in [2.24, 2.45) is 5.92 Å². The highest BCUT2D eigenvalue weighted by Gasteiger charge is 2.51. The van der Waals surface area contributed by atoms with Gasteiger partial charge in [-0.1, -0.05) is 36.9 Å². The van der Waals surface area contributed by atoms with E-state index in [4.69, 9.17) is 9.47 Å². The van der Waals surface area contributed by atoms with Crippen molar-refractivity contribution in [3.05, 3.63) is 42.5 Å². The van der Waals surface area contributed by atoms with Gasteiger partial charge in [-0.05, 0) is 42.9 Å². The summed E-state index contributed by atoms with van der Waals surface area (Å²) in [7, 11) is 1.61. The fourth-order valence-corrected chi connectivity index (χ4v) is 5.09. The Morgan fingerprint density at radius 1 is 1.45 bits per heavy atom.